The Hall–Kier alpha value is -0.340. The van der Waals surface area contributed by atoms with Crippen molar-refractivity contribution in [3.05, 3.63) is 12.7 Å². The van der Waals surface area contributed by atoms with Crippen molar-refractivity contribution in [1.82, 2.24) is 10.2 Å². The van der Waals surface area contributed by atoms with Crippen molar-refractivity contribution >= 4 is 0 Å². The Balaban J connectivity index is 1.76. The molecule has 1 fully saturated rings. The fourth-order valence-corrected chi connectivity index (χ4v) is 1.59. The van der Waals surface area contributed by atoms with E-state index in [0.717, 1.165) is 12.6 Å². The van der Waals surface area contributed by atoms with E-state index in [9.17, 15) is 0 Å². The maximum atomic E-state index is 3.73. The second-order valence-corrected chi connectivity index (χ2v) is 4.34. The first-order chi connectivity index (χ1) is 6.83. The molecule has 1 N–H and O–H groups in total. The minimum atomic E-state index is 0.874. The van der Waals surface area contributed by atoms with Gasteiger partial charge in [0.15, 0.2) is 0 Å². The van der Waals surface area contributed by atoms with E-state index in [4.69, 9.17) is 0 Å². The third-order valence-electron chi connectivity index (χ3n) is 2.67. The normalized spacial score (nSPS) is 16.1. The minimum Gasteiger partial charge on any atom is -0.314 e. The van der Waals surface area contributed by atoms with Crippen molar-refractivity contribution in [2.45, 2.75) is 38.1 Å². The van der Waals surface area contributed by atoms with Crippen molar-refractivity contribution in [3.63, 3.8) is 0 Å². The molecular formula is C12H24N2. The van der Waals surface area contributed by atoms with Gasteiger partial charge in [-0.25, -0.2) is 0 Å². The van der Waals surface area contributed by atoms with Crippen LogP contribution in [0.1, 0.15) is 32.1 Å². The fraction of sp³-hybridized carbons (Fsp3) is 0.833. The van der Waals surface area contributed by atoms with Crippen molar-refractivity contribution in [1.29, 1.82) is 0 Å². The van der Waals surface area contributed by atoms with E-state index in [1.807, 2.05) is 6.08 Å². The number of hydrogen-bond acceptors (Lipinski definition) is 2. The van der Waals surface area contributed by atoms with Crippen molar-refractivity contribution in [2.24, 2.45) is 0 Å². The average molecular weight is 196 g/mol. The molecule has 0 aromatic carbocycles. The lowest BCUT2D eigenvalue weighted by Crippen LogP contribution is -2.20. The molecule has 0 saturated heterocycles. The van der Waals surface area contributed by atoms with Crippen LogP contribution in [0.15, 0.2) is 12.7 Å². The molecule has 0 unspecified atom stereocenters. The third kappa shape index (κ3) is 6.17. The highest BCUT2D eigenvalue weighted by molar-refractivity contribution is 4.80. The Morgan fingerprint density at radius 1 is 1.36 bits per heavy atom. The van der Waals surface area contributed by atoms with Crippen molar-refractivity contribution in [2.75, 3.05) is 26.7 Å². The fourth-order valence-electron chi connectivity index (χ4n) is 1.59. The summed E-state index contributed by atoms with van der Waals surface area (Å²) < 4.78 is 0. The second kappa shape index (κ2) is 7.02. The summed E-state index contributed by atoms with van der Waals surface area (Å²) in [6.07, 6.45) is 8.77. The Kier molecular flexibility index (Phi) is 5.88. The summed E-state index contributed by atoms with van der Waals surface area (Å²) in [5, 5.41) is 3.54. The van der Waals surface area contributed by atoms with Gasteiger partial charge in [0.1, 0.15) is 0 Å². The van der Waals surface area contributed by atoms with E-state index in [2.05, 4.69) is 23.8 Å². The van der Waals surface area contributed by atoms with Gasteiger partial charge in [-0.05, 0) is 45.8 Å². The molecule has 1 saturated carbocycles. The highest BCUT2D eigenvalue weighted by Crippen LogP contribution is 2.18. The molecule has 1 aliphatic rings. The number of rotatable bonds is 9. The van der Waals surface area contributed by atoms with Gasteiger partial charge in [-0.1, -0.05) is 12.5 Å². The number of nitrogens with zero attached hydrogens (tertiary/aromatic N) is 1. The number of nitrogens with one attached hydrogen (secondary N) is 1. The zero-order chi connectivity index (χ0) is 10.2. The number of hydrogen-bond donors (Lipinski definition) is 1. The van der Waals surface area contributed by atoms with Crippen LogP contribution in [0.2, 0.25) is 0 Å². The number of unbranched alkanes of at least 4 members (excludes halogenated alkanes) is 2. The summed E-state index contributed by atoms with van der Waals surface area (Å²) >= 11 is 0. The quantitative estimate of drug-likeness (QED) is 0.448. The molecule has 82 valence electrons. The average Bonchev–Trinajstić information content (AvgIpc) is 2.95. The molecule has 0 aromatic heterocycles. The third-order valence-corrected chi connectivity index (χ3v) is 2.67. The molecule has 0 atom stereocenters. The molecule has 0 amide bonds. The molecule has 1 rings (SSSR count). The summed E-state index contributed by atoms with van der Waals surface area (Å²) in [5.41, 5.74) is 0. The standard InChI is InChI=1S/C12H24N2/c1-3-10-14(2)11-6-4-5-9-13-12-7-8-12/h3,12-13H,1,4-11H2,2H3. The lowest BCUT2D eigenvalue weighted by molar-refractivity contribution is 0.357. The lowest BCUT2D eigenvalue weighted by atomic mass is 10.2. The second-order valence-electron chi connectivity index (χ2n) is 4.34. The van der Waals surface area contributed by atoms with Gasteiger partial charge in [0.05, 0.1) is 0 Å². The summed E-state index contributed by atoms with van der Waals surface area (Å²) in [6.45, 7) is 7.17. The topological polar surface area (TPSA) is 15.3 Å². The molecule has 0 radical (unpaired) electrons. The molecule has 0 aromatic rings. The zero-order valence-electron chi connectivity index (χ0n) is 9.47. The molecule has 2 nitrogen and oxygen atoms in total. The molecule has 0 bridgehead atoms. The minimum absolute atomic E-state index is 0.874. The molecule has 1 aliphatic carbocycles. The van der Waals surface area contributed by atoms with E-state index in [1.165, 1.54) is 45.2 Å². The first-order valence-corrected chi connectivity index (χ1v) is 5.85. The van der Waals surface area contributed by atoms with Crippen LogP contribution in [0, 0.1) is 0 Å². The molecule has 14 heavy (non-hydrogen) atoms. The predicted molar refractivity (Wildman–Crippen MR) is 62.6 cm³/mol. The van der Waals surface area contributed by atoms with Gasteiger partial charge in [-0.3, -0.25) is 0 Å². The van der Waals surface area contributed by atoms with Gasteiger partial charge in [0.2, 0.25) is 0 Å². The Labute approximate surface area is 88.4 Å². The highest BCUT2D eigenvalue weighted by Gasteiger charge is 2.19. The van der Waals surface area contributed by atoms with E-state index < -0.39 is 0 Å². The Morgan fingerprint density at radius 3 is 2.79 bits per heavy atom. The van der Waals surface area contributed by atoms with E-state index in [-0.39, 0.29) is 0 Å². The van der Waals surface area contributed by atoms with Gasteiger partial charge in [0, 0.05) is 12.6 Å². The molecule has 0 heterocycles. The van der Waals surface area contributed by atoms with E-state index in [1.54, 1.807) is 0 Å². The molecule has 0 aliphatic heterocycles. The van der Waals surface area contributed by atoms with Crippen LogP contribution in [-0.2, 0) is 0 Å². The van der Waals surface area contributed by atoms with Gasteiger partial charge >= 0.3 is 0 Å². The summed E-state index contributed by atoms with van der Waals surface area (Å²) in [7, 11) is 2.16. The van der Waals surface area contributed by atoms with Crippen LogP contribution < -0.4 is 5.32 Å². The smallest absolute Gasteiger partial charge is 0.0157 e. The van der Waals surface area contributed by atoms with Crippen molar-refractivity contribution < 1.29 is 0 Å². The van der Waals surface area contributed by atoms with Crippen LogP contribution in [0.5, 0.6) is 0 Å². The van der Waals surface area contributed by atoms with Crippen molar-refractivity contribution in [3.8, 4) is 0 Å². The van der Waals surface area contributed by atoms with Gasteiger partial charge in [-0.2, -0.15) is 0 Å². The Morgan fingerprint density at radius 2 is 2.14 bits per heavy atom. The van der Waals surface area contributed by atoms with Gasteiger partial charge in [0.25, 0.3) is 0 Å². The highest BCUT2D eigenvalue weighted by atomic mass is 15.1. The van der Waals surface area contributed by atoms with Crippen LogP contribution in [0.25, 0.3) is 0 Å². The van der Waals surface area contributed by atoms with Crippen LogP contribution >= 0.6 is 0 Å². The summed E-state index contributed by atoms with van der Waals surface area (Å²) in [5.74, 6) is 0. The molecule has 0 spiro atoms. The predicted octanol–water partition coefficient (Wildman–Crippen LogP) is 2.03. The number of likely N-dealkylation sites (N-methyl/N-ethyl adjacent to an activating group) is 1. The lowest BCUT2D eigenvalue weighted by Gasteiger charge is -2.13. The van der Waals surface area contributed by atoms with Crippen LogP contribution in [0.3, 0.4) is 0 Å². The monoisotopic (exact) mass is 196 g/mol. The van der Waals surface area contributed by atoms with Gasteiger partial charge in [-0.15, -0.1) is 6.58 Å². The Bertz CT molecular complexity index is 152. The van der Waals surface area contributed by atoms with Crippen LogP contribution in [-0.4, -0.2) is 37.6 Å². The maximum Gasteiger partial charge on any atom is 0.0157 e. The molecular weight excluding hydrogens is 172 g/mol. The van der Waals surface area contributed by atoms with E-state index >= 15 is 0 Å². The molecule has 2 heteroatoms. The maximum absolute atomic E-state index is 3.73. The first kappa shape index (κ1) is 11.7. The summed E-state index contributed by atoms with van der Waals surface area (Å²) in [4.78, 5) is 2.32. The van der Waals surface area contributed by atoms with Crippen LogP contribution in [0.4, 0.5) is 0 Å². The SMILES string of the molecule is C=CCN(C)CCCCCNC1CC1. The zero-order valence-corrected chi connectivity index (χ0v) is 9.47. The van der Waals surface area contributed by atoms with E-state index in [0.29, 0.717) is 0 Å². The van der Waals surface area contributed by atoms with Gasteiger partial charge < -0.3 is 10.2 Å². The largest absolute Gasteiger partial charge is 0.314 e. The summed E-state index contributed by atoms with van der Waals surface area (Å²) in [6, 6.07) is 0.874. The first-order valence-electron chi connectivity index (χ1n) is 5.85.